The number of rotatable bonds is 6. The normalized spacial score (nSPS) is 16.5. The van der Waals surface area contributed by atoms with Gasteiger partial charge < -0.3 is 15.0 Å². The Kier molecular flexibility index (Phi) is 6.38. The van der Waals surface area contributed by atoms with Gasteiger partial charge in [-0.05, 0) is 62.1 Å². The van der Waals surface area contributed by atoms with Gasteiger partial charge in [-0.15, -0.1) is 0 Å². The molecule has 1 aliphatic rings. The van der Waals surface area contributed by atoms with Gasteiger partial charge in [-0.3, -0.25) is 4.79 Å². The Labute approximate surface area is 182 Å². The molecule has 1 aromatic heterocycles. The highest BCUT2D eigenvalue weighted by Crippen LogP contribution is 2.30. The fraction of sp³-hybridized carbons (Fsp3) is 0.333. The number of anilines is 2. The van der Waals surface area contributed by atoms with Gasteiger partial charge in [0, 0.05) is 28.7 Å². The van der Waals surface area contributed by atoms with Crippen molar-refractivity contribution in [3.8, 4) is 5.75 Å². The average Bonchev–Trinajstić information content (AvgIpc) is 2.77. The van der Waals surface area contributed by atoms with Gasteiger partial charge in [-0.2, -0.15) is 0 Å². The molecule has 1 atom stereocenters. The largest absolute Gasteiger partial charge is 0.481 e. The standard InChI is InChI=1S/C24H26ClN3O2/c1-2-20-10-3-4-14-28(20)22-13-12-17-7-5-11-21(24(17)27-22)30-16-23(29)26-19-9-6-8-18(25)15-19/h5-9,11-13,15,20H,2-4,10,14,16H2,1H3,(H,26,29). The molecular formula is C24H26ClN3O2. The first-order valence-electron chi connectivity index (χ1n) is 10.5. The fourth-order valence-electron chi connectivity index (χ4n) is 4.02. The zero-order valence-electron chi connectivity index (χ0n) is 17.1. The zero-order valence-corrected chi connectivity index (χ0v) is 17.9. The third kappa shape index (κ3) is 4.68. The van der Waals surface area contributed by atoms with E-state index in [1.54, 1.807) is 24.3 Å². The number of para-hydroxylation sites is 1. The summed E-state index contributed by atoms with van der Waals surface area (Å²) < 4.78 is 5.85. The molecule has 156 valence electrons. The molecule has 3 aromatic rings. The minimum atomic E-state index is -0.243. The van der Waals surface area contributed by atoms with Gasteiger partial charge in [-0.25, -0.2) is 4.98 Å². The van der Waals surface area contributed by atoms with E-state index in [-0.39, 0.29) is 12.5 Å². The molecule has 4 rings (SSSR count). The number of nitrogens with one attached hydrogen (secondary N) is 1. The lowest BCUT2D eigenvalue weighted by atomic mass is 10.00. The third-order valence-electron chi connectivity index (χ3n) is 5.53. The van der Waals surface area contributed by atoms with Crippen LogP contribution in [0.5, 0.6) is 5.75 Å². The molecular weight excluding hydrogens is 398 g/mol. The summed E-state index contributed by atoms with van der Waals surface area (Å²) in [7, 11) is 0. The van der Waals surface area contributed by atoms with Crippen LogP contribution < -0.4 is 15.0 Å². The maximum atomic E-state index is 12.3. The third-order valence-corrected chi connectivity index (χ3v) is 5.76. The van der Waals surface area contributed by atoms with Gasteiger partial charge >= 0.3 is 0 Å². The predicted molar refractivity (Wildman–Crippen MR) is 123 cm³/mol. The van der Waals surface area contributed by atoms with E-state index < -0.39 is 0 Å². The first-order chi connectivity index (χ1) is 14.6. The minimum Gasteiger partial charge on any atom is -0.481 e. The van der Waals surface area contributed by atoms with Crippen LogP contribution in [0.1, 0.15) is 32.6 Å². The summed E-state index contributed by atoms with van der Waals surface area (Å²) in [5.74, 6) is 1.35. The highest BCUT2D eigenvalue weighted by molar-refractivity contribution is 6.30. The van der Waals surface area contributed by atoms with Crippen molar-refractivity contribution in [2.45, 2.75) is 38.6 Å². The first-order valence-corrected chi connectivity index (χ1v) is 10.9. The number of nitrogens with zero attached hydrogens (tertiary/aromatic N) is 2. The Morgan fingerprint density at radius 3 is 2.90 bits per heavy atom. The molecule has 1 N–H and O–H groups in total. The number of piperidine rings is 1. The first kappa shape index (κ1) is 20.5. The summed E-state index contributed by atoms with van der Waals surface area (Å²) in [6.07, 6.45) is 4.79. The number of pyridine rings is 1. The Morgan fingerprint density at radius 2 is 2.07 bits per heavy atom. The van der Waals surface area contributed by atoms with Gasteiger partial charge in [0.1, 0.15) is 17.1 Å². The number of amides is 1. The smallest absolute Gasteiger partial charge is 0.262 e. The monoisotopic (exact) mass is 423 g/mol. The molecule has 0 spiro atoms. The van der Waals surface area contributed by atoms with Gasteiger partial charge in [-0.1, -0.05) is 36.7 Å². The minimum absolute atomic E-state index is 0.0984. The van der Waals surface area contributed by atoms with Crippen molar-refractivity contribution < 1.29 is 9.53 Å². The van der Waals surface area contributed by atoms with Crippen LogP contribution in [0.3, 0.4) is 0 Å². The summed E-state index contributed by atoms with van der Waals surface area (Å²) in [4.78, 5) is 19.7. The Morgan fingerprint density at radius 1 is 1.20 bits per heavy atom. The number of carbonyl (C=O) groups excluding carboxylic acids is 1. The van der Waals surface area contributed by atoms with Gasteiger partial charge in [0.15, 0.2) is 6.61 Å². The van der Waals surface area contributed by atoms with E-state index in [9.17, 15) is 4.79 Å². The van der Waals surface area contributed by atoms with E-state index in [0.717, 1.165) is 29.7 Å². The second kappa shape index (κ2) is 9.35. The SMILES string of the molecule is CCC1CCCCN1c1ccc2cccc(OCC(=O)Nc3cccc(Cl)c3)c2n1. The van der Waals surface area contributed by atoms with Crippen LogP contribution in [0.4, 0.5) is 11.5 Å². The van der Waals surface area contributed by atoms with Gasteiger partial charge in [0.2, 0.25) is 0 Å². The average molecular weight is 424 g/mol. The molecule has 0 aliphatic carbocycles. The van der Waals surface area contributed by atoms with E-state index in [4.69, 9.17) is 21.3 Å². The molecule has 2 heterocycles. The molecule has 1 fully saturated rings. The van der Waals surface area contributed by atoms with E-state index in [0.29, 0.717) is 22.5 Å². The van der Waals surface area contributed by atoms with Crippen LogP contribution in [-0.2, 0) is 4.79 Å². The summed E-state index contributed by atoms with van der Waals surface area (Å²) in [6, 6.07) is 17.5. The number of aromatic nitrogens is 1. The molecule has 0 saturated carbocycles. The van der Waals surface area contributed by atoms with Crippen molar-refractivity contribution >= 4 is 39.9 Å². The molecule has 1 amide bonds. The van der Waals surface area contributed by atoms with E-state index in [2.05, 4.69) is 29.3 Å². The molecule has 5 nitrogen and oxygen atoms in total. The van der Waals surface area contributed by atoms with Crippen molar-refractivity contribution in [3.05, 3.63) is 59.6 Å². The molecule has 2 aromatic carbocycles. The maximum Gasteiger partial charge on any atom is 0.262 e. The summed E-state index contributed by atoms with van der Waals surface area (Å²) >= 11 is 5.97. The fourth-order valence-corrected chi connectivity index (χ4v) is 4.21. The summed E-state index contributed by atoms with van der Waals surface area (Å²) in [6.45, 7) is 3.16. The van der Waals surface area contributed by atoms with Gasteiger partial charge in [0.25, 0.3) is 5.91 Å². The second-order valence-electron chi connectivity index (χ2n) is 7.60. The van der Waals surface area contributed by atoms with Crippen LogP contribution in [0.2, 0.25) is 5.02 Å². The van der Waals surface area contributed by atoms with Crippen molar-refractivity contribution in [3.63, 3.8) is 0 Å². The predicted octanol–water partition coefficient (Wildman–Crippen LogP) is 5.67. The number of hydrogen-bond donors (Lipinski definition) is 1. The summed E-state index contributed by atoms with van der Waals surface area (Å²) in [5.41, 5.74) is 1.43. The number of carbonyl (C=O) groups is 1. The number of hydrogen-bond acceptors (Lipinski definition) is 4. The number of benzene rings is 2. The van der Waals surface area contributed by atoms with Crippen LogP contribution in [0, 0.1) is 0 Å². The lowest BCUT2D eigenvalue weighted by molar-refractivity contribution is -0.118. The van der Waals surface area contributed by atoms with Crippen molar-refractivity contribution in [2.75, 3.05) is 23.4 Å². The molecule has 0 bridgehead atoms. The quantitative estimate of drug-likeness (QED) is 0.554. The highest BCUT2D eigenvalue weighted by Gasteiger charge is 2.22. The zero-order chi connectivity index (χ0) is 20.9. The van der Waals surface area contributed by atoms with Crippen LogP contribution >= 0.6 is 11.6 Å². The van der Waals surface area contributed by atoms with Crippen molar-refractivity contribution in [2.24, 2.45) is 0 Å². The molecule has 1 unspecified atom stereocenters. The van der Waals surface area contributed by atoms with Crippen LogP contribution in [-0.4, -0.2) is 30.1 Å². The molecule has 1 aliphatic heterocycles. The van der Waals surface area contributed by atoms with Gasteiger partial charge in [0.05, 0.1) is 0 Å². The van der Waals surface area contributed by atoms with Crippen LogP contribution in [0.15, 0.2) is 54.6 Å². The molecule has 6 heteroatoms. The Bertz CT molecular complexity index is 1040. The second-order valence-corrected chi connectivity index (χ2v) is 8.03. The maximum absolute atomic E-state index is 12.3. The van der Waals surface area contributed by atoms with Crippen molar-refractivity contribution in [1.82, 2.24) is 4.98 Å². The molecule has 0 radical (unpaired) electrons. The molecule has 30 heavy (non-hydrogen) atoms. The number of halogens is 1. The van der Waals surface area contributed by atoms with E-state index in [1.165, 1.54) is 19.3 Å². The number of ether oxygens (including phenoxy) is 1. The lowest BCUT2D eigenvalue weighted by Gasteiger charge is -2.36. The topological polar surface area (TPSA) is 54.5 Å². The van der Waals surface area contributed by atoms with E-state index >= 15 is 0 Å². The van der Waals surface area contributed by atoms with Crippen molar-refractivity contribution in [1.29, 1.82) is 0 Å². The Hall–Kier alpha value is -2.79. The highest BCUT2D eigenvalue weighted by atomic mass is 35.5. The molecule has 1 saturated heterocycles. The Balaban J connectivity index is 1.51. The van der Waals surface area contributed by atoms with E-state index in [1.807, 2.05) is 18.2 Å². The lowest BCUT2D eigenvalue weighted by Crippen LogP contribution is -2.39. The number of fused-ring (bicyclic) bond motifs is 1. The van der Waals surface area contributed by atoms with Crippen LogP contribution in [0.25, 0.3) is 10.9 Å². The summed E-state index contributed by atoms with van der Waals surface area (Å²) in [5, 5.41) is 4.37.